The van der Waals surface area contributed by atoms with Crippen LogP contribution in [-0.2, 0) is 11.2 Å². The molecule has 0 radical (unpaired) electrons. The Bertz CT molecular complexity index is 479. The monoisotopic (exact) mass is 219 g/mol. The Morgan fingerprint density at radius 3 is 2.75 bits per heavy atom. The van der Waals surface area contributed by atoms with Crippen molar-refractivity contribution < 1.29 is 14.7 Å². The second-order valence-corrected chi connectivity index (χ2v) is 4.18. The first-order valence-electron chi connectivity index (χ1n) is 5.13. The zero-order valence-electron chi connectivity index (χ0n) is 9.20. The third-order valence-electron chi connectivity index (χ3n) is 2.87. The van der Waals surface area contributed by atoms with Crippen LogP contribution in [0.4, 0.5) is 0 Å². The minimum absolute atomic E-state index is 0.291. The standard InChI is InChI=1S/C12H13NO3/c1-6-3-7(2)8-5-10(12(15)16)13-11(14)9(8)4-6/h3-4,10H,5H2,1-2H3,(H,13,14)(H,15,16). The van der Waals surface area contributed by atoms with Crippen LogP contribution in [-0.4, -0.2) is 23.0 Å². The number of fused-ring (bicyclic) bond motifs is 1. The van der Waals surface area contributed by atoms with E-state index in [2.05, 4.69) is 5.32 Å². The van der Waals surface area contributed by atoms with E-state index in [1.807, 2.05) is 19.9 Å². The third-order valence-corrected chi connectivity index (χ3v) is 2.87. The van der Waals surface area contributed by atoms with Crippen molar-refractivity contribution in [1.29, 1.82) is 0 Å². The molecule has 4 nitrogen and oxygen atoms in total. The number of carboxylic acid groups (broad SMARTS) is 1. The van der Waals surface area contributed by atoms with Gasteiger partial charge in [0, 0.05) is 12.0 Å². The summed E-state index contributed by atoms with van der Waals surface area (Å²) < 4.78 is 0. The van der Waals surface area contributed by atoms with Crippen LogP contribution in [0.5, 0.6) is 0 Å². The molecule has 0 fully saturated rings. The highest BCUT2D eigenvalue weighted by molar-refractivity contribution is 6.00. The first-order valence-corrected chi connectivity index (χ1v) is 5.13. The lowest BCUT2D eigenvalue weighted by Gasteiger charge is -2.24. The first-order chi connectivity index (χ1) is 7.49. The van der Waals surface area contributed by atoms with Gasteiger partial charge in [-0.15, -0.1) is 0 Å². The number of amides is 1. The van der Waals surface area contributed by atoms with Gasteiger partial charge in [-0.3, -0.25) is 4.79 Å². The van der Waals surface area contributed by atoms with Gasteiger partial charge in [0.15, 0.2) is 0 Å². The number of carboxylic acids is 1. The molecule has 1 atom stereocenters. The van der Waals surface area contributed by atoms with Crippen LogP contribution in [0.25, 0.3) is 0 Å². The van der Waals surface area contributed by atoms with Crippen molar-refractivity contribution in [2.24, 2.45) is 0 Å². The van der Waals surface area contributed by atoms with Gasteiger partial charge >= 0.3 is 5.97 Å². The fourth-order valence-electron chi connectivity index (χ4n) is 2.11. The van der Waals surface area contributed by atoms with Crippen molar-refractivity contribution in [3.8, 4) is 0 Å². The van der Waals surface area contributed by atoms with Crippen molar-refractivity contribution in [2.45, 2.75) is 26.3 Å². The molecule has 1 aromatic rings. The normalized spacial score (nSPS) is 18.9. The molecule has 1 heterocycles. The van der Waals surface area contributed by atoms with Crippen LogP contribution in [0.15, 0.2) is 12.1 Å². The molecule has 84 valence electrons. The highest BCUT2D eigenvalue weighted by Gasteiger charge is 2.29. The Morgan fingerprint density at radius 2 is 2.12 bits per heavy atom. The molecular weight excluding hydrogens is 206 g/mol. The van der Waals surface area contributed by atoms with Gasteiger partial charge in [-0.25, -0.2) is 4.79 Å². The molecule has 2 N–H and O–H groups in total. The van der Waals surface area contributed by atoms with Crippen LogP contribution in [0.3, 0.4) is 0 Å². The number of carbonyl (C=O) groups is 2. The lowest BCUT2D eigenvalue weighted by molar-refractivity contribution is -0.139. The number of hydrogen-bond acceptors (Lipinski definition) is 2. The molecule has 4 heteroatoms. The fraction of sp³-hybridized carbons (Fsp3) is 0.333. The van der Waals surface area contributed by atoms with Gasteiger partial charge in [-0.2, -0.15) is 0 Å². The molecule has 2 rings (SSSR count). The third kappa shape index (κ3) is 1.66. The number of aryl methyl sites for hydroxylation is 2. The molecule has 0 aliphatic carbocycles. The van der Waals surface area contributed by atoms with E-state index in [4.69, 9.17) is 5.11 Å². The fourth-order valence-corrected chi connectivity index (χ4v) is 2.11. The van der Waals surface area contributed by atoms with Crippen LogP contribution in [0.2, 0.25) is 0 Å². The molecule has 1 aliphatic heterocycles. The molecule has 1 aromatic carbocycles. The van der Waals surface area contributed by atoms with Crippen LogP contribution >= 0.6 is 0 Å². The van der Waals surface area contributed by atoms with E-state index in [9.17, 15) is 9.59 Å². The number of nitrogens with one attached hydrogen (secondary N) is 1. The molecule has 1 amide bonds. The maximum Gasteiger partial charge on any atom is 0.326 e. The summed E-state index contributed by atoms with van der Waals surface area (Å²) in [5.74, 6) is -1.28. The Balaban J connectivity index is 2.50. The van der Waals surface area contributed by atoms with Gasteiger partial charge in [-0.1, -0.05) is 11.6 Å². The molecule has 0 saturated heterocycles. The number of carbonyl (C=O) groups excluding carboxylic acids is 1. The summed E-state index contributed by atoms with van der Waals surface area (Å²) in [4.78, 5) is 22.6. The van der Waals surface area contributed by atoms with Crippen LogP contribution in [0, 0.1) is 13.8 Å². The summed E-state index contributed by atoms with van der Waals surface area (Å²) in [6.45, 7) is 3.83. The van der Waals surface area contributed by atoms with E-state index >= 15 is 0 Å². The zero-order chi connectivity index (χ0) is 11.9. The summed E-state index contributed by atoms with van der Waals surface area (Å²) in [6.07, 6.45) is 0.364. The van der Waals surface area contributed by atoms with Crippen LogP contribution < -0.4 is 5.32 Å². The molecule has 1 aliphatic rings. The summed E-state index contributed by atoms with van der Waals surface area (Å²) in [7, 11) is 0. The van der Waals surface area contributed by atoms with Gasteiger partial charge in [-0.05, 0) is 31.0 Å². The van der Waals surface area contributed by atoms with Crippen molar-refractivity contribution >= 4 is 11.9 Å². The highest BCUT2D eigenvalue weighted by atomic mass is 16.4. The lowest BCUT2D eigenvalue weighted by atomic mass is 9.90. The summed E-state index contributed by atoms with van der Waals surface area (Å²) >= 11 is 0. The average Bonchev–Trinajstić information content (AvgIpc) is 2.19. The van der Waals surface area contributed by atoms with Gasteiger partial charge in [0.2, 0.25) is 0 Å². The topological polar surface area (TPSA) is 66.4 Å². The van der Waals surface area contributed by atoms with E-state index in [1.54, 1.807) is 6.07 Å². The molecule has 0 bridgehead atoms. The van der Waals surface area contributed by atoms with E-state index in [0.717, 1.165) is 16.7 Å². The lowest BCUT2D eigenvalue weighted by Crippen LogP contribution is -2.46. The maximum absolute atomic E-state index is 11.7. The largest absolute Gasteiger partial charge is 0.480 e. The second kappa shape index (κ2) is 3.63. The van der Waals surface area contributed by atoms with E-state index < -0.39 is 12.0 Å². The maximum atomic E-state index is 11.7. The Hall–Kier alpha value is -1.84. The number of hydrogen-bond donors (Lipinski definition) is 2. The highest BCUT2D eigenvalue weighted by Crippen LogP contribution is 2.22. The molecule has 0 saturated carbocycles. The predicted octanol–water partition coefficient (Wildman–Crippen LogP) is 1.04. The smallest absolute Gasteiger partial charge is 0.326 e. The first kappa shape index (κ1) is 10.7. The van der Waals surface area contributed by atoms with Gasteiger partial charge < -0.3 is 10.4 Å². The Labute approximate surface area is 93.3 Å². The molecular formula is C12H13NO3. The molecule has 16 heavy (non-hydrogen) atoms. The van der Waals surface area contributed by atoms with Crippen molar-refractivity contribution in [3.63, 3.8) is 0 Å². The van der Waals surface area contributed by atoms with Crippen LogP contribution in [0.1, 0.15) is 27.0 Å². The zero-order valence-corrected chi connectivity index (χ0v) is 9.20. The summed E-state index contributed by atoms with van der Waals surface area (Å²) in [5, 5.41) is 11.4. The second-order valence-electron chi connectivity index (χ2n) is 4.18. The average molecular weight is 219 g/mol. The number of benzene rings is 1. The SMILES string of the molecule is Cc1cc(C)c2c(c1)C(=O)NC(C(=O)O)C2. The Morgan fingerprint density at radius 1 is 1.44 bits per heavy atom. The van der Waals surface area contributed by atoms with Crippen molar-refractivity contribution in [1.82, 2.24) is 5.32 Å². The van der Waals surface area contributed by atoms with Gasteiger partial charge in [0.1, 0.15) is 6.04 Å². The van der Waals surface area contributed by atoms with E-state index in [0.29, 0.717) is 12.0 Å². The minimum atomic E-state index is -0.987. The molecule has 0 aromatic heterocycles. The van der Waals surface area contributed by atoms with Crippen molar-refractivity contribution in [3.05, 3.63) is 34.4 Å². The number of rotatable bonds is 1. The van der Waals surface area contributed by atoms with Gasteiger partial charge in [0.05, 0.1) is 0 Å². The Kier molecular flexibility index (Phi) is 2.42. The van der Waals surface area contributed by atoms with E-state index in [-0.39, 0.29) is 5.91 Å². The van der Waals surface area contributed by atoms with Crippen molar-refractivity contribution in [2.75, 3.05) is 0 Å². The predicted molar refractivity (Wildman–Crippen MR) is 58.5 cm³/mol. The summed E-state index contributed by atoms with van der Waals surface area (Å²) in [6, 6.07) is 2.97. The number of aliphatic carboxylic acids is 1. The summed E-state index contributed by atoms with van der Waals surface area (Å²) in [5.41, 5.74) is 3.45. The minimum Gasteiger partial charge on any atom is -0.480 e. The van der Waals surface area contributed by atoms with Gasteiger partial charge in [0.25, 0.3) is 5.91 Å². The quantitative estimate of drug-likeness (QED) is 0.741. The molecule has 1 unspecified atom stereocenters. The van der Waals surface area contributed by atoms with E-state index in [1.165, 1.54) is 0 Å². The molecule has 0 spiro atoms.